The Morgan fingerprint density at radius 2 is 1.74 bits per heavy atom. The van der Waals surface area contributed by atoms with E-state index < -0.39 is 12.0 Å². The standard InChI is InChI=1S/C31H31N3O4S/c1-7-38-30(36)27-20(4)32-31-34(28(27)22-10-14-25(37-6)15-11-22)29(35)26(39-31)17-23-16-19(3)33(21(23)5)24-12-8-18(2)9-13-24/h8-17,28H,7H2,1-6H3/b26-17+/t28-/m1/s1. The van der Waals surface area contributed by atoms with Crippen LogP contribution in [0.4, 0.5) is 0 Å². The van der Waals surface area contributed by atoms with Crippen LogP contribution < -0.4 is 19.6 Å². The zero-order valence-corrected chi connectivity index (χ0v) is 23.8. The topological polar surface area (TPSA) is 74.8 Å². The Morgan fingerprint density at radius 3 is 2.38 bits per heavy atom. The van der Waals surface area contributed by atoms with Gasteiger partial charge in [-0.25, -0.2) is 9.79 Å². The van der Waals surface area contributed by atoms with Gasteiger partial charge in [-0.3, -0.25) is 9.36 Å². The molecular weight excluding hydrogens is 510 g/mol. The highest BCUT2D eigenvalue weighted by Crippen LogP contribution is 2.31. The number of allylic oxidation sites excluding steroid dienone is 1. The monoisotopic (exact) mass is 541 g/mol. The number of rotatable bonds is 6. The third kappa shape index (κ3) is 4.76. The first-order chi connectivity index (χ1) is 18.7. The van der Waals surface area contributed by atoms with Crippen LogP contribution in [0.5, 0.6) is 5.75 Å². The van der Waals surface area contributed by atoms with Crippen molar-refractivity contribution in [2.75, 3.05) is 13.7 Å². The van der Waals surface area contributed by atoms with Crippen molar-refractivity contribution in [3.8, 4) is 11.4 Å². The maximum Gasteiger partial charge on any atom is 0.338 e. The molecule has 0 amide bonds. The van der Waals surface area contributed by atoms with E-state index in [1.807, 2.05) is 30.3 Å². The molecule has 0 spiro atoms. The van der Waals surface area contributed by atoms with Gasteiger partial charge in [-0.15, -0.1) is 0 Å². The smallest absolute Gasteiger partial charge is 0.338 e. The van der Waals surface area contributed by atoms with Crippen molar-refractivity contribution in [1.82, 2.24) is 9.13 Å². The minimum atomic E-state index is -0.659. The molecule has 1 atom stereocenters. The third-order valence-electron chi connectivity index (χ3n) is 7.00. The lowest BCUT2D eigenvalue weighted by atomic mass is 9.96. The van der Waals surface area contributed by atoms with E-state index in [0.717, 1.165) is 28.2 Å². The molecule has 0 N–H and O–H groups in total. The number of ether oxygens (including phenoxy) is 2. The van der Waals surface area contributed by atoms with E-state index in [2.05, 4.69) is 60.7 Å². The first kappa shape index (κ1) is 26.4. The van der Waals surface area contributed by atoms with E-state index in [1.165, 1.54) is 16.9 Å². The lowest BCUT2D eigenvalue weighted by Gasteiger charge is -2.24. The van der Waals surface area contributed by atoms with E-state index in [1.54, 1.807) is 25.5 Å². The molecule has 0 saturated heterocycles. The fourth-order valence-electron chi connectivity index (χ4n) is 5.06. The summed E-state index contributed by atoms with van der Waals surface area (Å²) in [6.45, 7) is 9.96. The van der Waals surface area contributed by atoms with Gasteiger partial charge in [0.25, 0.3) is 5.56 Å². The average molecular weight is 542 g/mol. The molecule has 7 nitrogen and oxygen atoms in total. The fourth-order valence-corrected chi connectivity index (χ4v) is 6.10. The molecule has 4 aromatic rings. The summed E-state index contributed by atoms with van der Waals surface area (Å²) in [6.07, 6.45) is 1.92. The summed E-state index contributed by atoms with van der Waals surface area (Å²) in [5.41, 5.74) is 6.83. The molecule has 2 aromatic heterocycles. The van der Waals surface area contributed by atoms with Crippen LogP contribution in [0.25, 0.3) is 11.8 Å². The molecule has 0 saturated carbocycles. The highest BCUT2D eigenvalue weighted by molar-refractivity contribution is 7.07. The molecule has 0 fully saturated rings. The number of hydrogen-bond acceptors (Lipinski definition) is 6. The first-order valence-corrected chi connectivity index (χ1v) is 13.6. The van der Waals surface area contributed by atoms with Crippen LogP contribution in [0, 0.1) is 20.8 Å². The molecule has 1 aliphatic rings. The maximum atomic E-state index is 13.9. The number of nitrogens with zero attached hydrogens (tertiary/aromatic N) is 3. The predicted octanol–water partition coefficient (Wildman–Crippen LogP) is 4.52. The van der Waals surface area contributed by atoms with Crippen molar-refractivity contribution < 1.29 is 14.3 Å². The average Bonchev–Trinajstić information content (AvgIpc) is 3.38. The van der Waals surface area contributed by atoms with E-state index in [-0.39, 0.29) is 12.2 Å². The normalized spacial score (nSPS) is 15.2. The lowest BCUT2D eigenvalue weighted by Crippen LogP contribution is -2.39. The quantitative estimate of drug-likeness (QED) is 0.337. The number of fused-ring (bicyclic) bond motifs is 1. The van der Waals surface area contributed by atoms with E-state index in [9.17, 15) is 9.59 Å². The second-order valence-electron chi connectivity index (χ2n) is 9.57. The second kappa shape index (κ2) is 10.5. The molecule has 39 heavy (non-hydrogen) atoms. The summed E-state index contributed by atoms with van der Waals surface area (Å²) in [6, 6.07) is 17.2. The van der Waals surface area contributed by atoms with Crippen molar-refractivity contribution in [2.45, 2.75) is 40.7 Å². The molecule has 2 aromatic carbocycles. The third-order valence-corrected chi connectivity index (χ3v) is 7.98. The van der Waals surface area contributed by atoms with Crippen LogP contribution in [0.1, 0.15) is 48.0 Å². The number of carbonyl (C=O) groups excluding carboxylic acids is 1. The van der Waals surface area contributed by atoms with Gasteiger partial charge >= 0.3 is 5.97 Å². The Bertz CT molecular complexity index is 1770. The highest BCUT2D eigenvalue weighted by atomic mass is 32.1. The van der Waals surface area contributed by atoms with Crippen molar-refractivity contribution in [3.63, 3.8) is 0 Å². The fraction of sp³-hybridized carbons (Fsp3) is 0.258. The Kier molecular flexibility index (Phi) is 7.14. The zero-order valence-electron chi connectivity index (χ0n) is 22.9. The molecule has 0 radical (unpaired) electrons. The number of thiazole rings is 1. The highest BCUT2D eigenvalue weighted by Gasteiger charge is 2.33. The molecule has 0 aliphatic carbocycles. The number of hydrogen-bond donors (Lipinski definition) is 0. The van der Waals surface area contributed by atoms with Crippen molar-refractivity contribution in [2.24, 2.45) is 4.99 Å². The summed E-state index contributed by atoms with van der Waals surface area (Å²) in [7, 11) is 1.60. The summed E-state index contributed by atoms with van der Waals surface area (Å²) < 4.78 is 15.0. The molecular formula is C31H31N3O4S. The number of aryl methyl sites for hydroxylation is 2. The van der Waals surface area contributed by atoms with Crippen LogP contribution in [0.15, 0.2) is 75.7 Å². The predicted molar refractivity (Wildman–Crippen MR) is 153 cm³/mol. The summed E-state index contributed by atoms with van der Waals surface area (Å²) in [4.78, 5) is 32.3. The van der Waals surface area contributed by atoms with Gasteiger partial charge in [0.2, 0.25) is 0 Å². The van der Waals surface area contributed by atoms with Crippen LogP contribution in [-0.4, -0.2) is 28.8 Å². The number of esters is 1. The lowest BCUT2D eigenvalue weighted by molar-refractivity contribution is -0.139. The summed E-state index contributed by atoms with van der Waals surface area (Å²) in [5.74, 6) is 0.212. The van der Waals surface area contributed by atoms with Crippen LogP contribution in [0.2, 0.25) is 0 Å². The Hall–Kier alpha value is -4.17. The zero-order chi connectivity index (χ0) is 27.8. The van der Waals surface area contributed by atoms with E-state index >= 15 is 0 Å². The minimum absolute atomic E-state index is 0.200. The molecule has 3 heterocycles. The Morgan fingerprint density at radius 1 is 1.05 bits per heavy atom. The Balaban J connectivity index is 1.68. The van der Waals surface area contributed by atoms with E-state index in [4.69, 9.17) is 9.47 Å². The van der Waals surface area contributed by atoms with Gasteiger partial charge in [-0.1, -0.05) is 41.2 Å². The summed E-state index contributed by atoms with van der Waals surface area (Å²) in [5, 5.41) is 0. The van der Waals surface area contributed by atoms with Gasteiger partial charge in [-0.05, 0) is 82.2 Å². The van der Waals surface area contributed by atoms with Crippen LogP contribution >= 0.6 is 11.3 Å². The number of methoxy groups -OCH3 is 1. The molecule has 0 unspecified atom stereocenters. The molecule has 0 bridgehead atoms. The minimum Gasteiger partial charge on any atom is -0.497 e. The van der Waals surface area contributed by atoms with Gasteiger partial charge < -0.3 is 14.0 Å². The van der Waals surface area contributed by atoms with Gasteiger partial charge in [-0.2, -0.15) is 0 Å². The van der Waals surface area contributed by atoms with Crippen LogP contribution in [0.3, 0.4) is 0 Å². The second-order valence-corrected chi connectivity index (χ2v) is 10.6. The number of aromatic nitrogens is 2. The van der Waals surface area contributed by atoms with Gasteiger partial charge in [0.1, 0.15) is 5.75 Å². The van der Waals surface area contributed by atoms with Gasteiger partial charge in [0, 0.05) is 17.1 Å². The van der Waals surface area contributed by atoms with Crippen molar-refractivity contribution in [3.05, 3.63) is 114 Å². The van der Waals surface area contributed by atoms with Crippen molar-refractivity contribution in [1.29, 1.82) is 0 Å². The number of carbonyl (C=O) groups is 1. The largest absolute Gasteiger partial charge is 0.497 e. The molecule has 8 heteroatoms. The summed E-state index contributed by atoms with van der Waals surface area (Å²) >= 11 is 1.32. The molecule has 200 valence electrons. The first-order valence-electron chi connectivity index (χ1n) is 12.8. The van der Waals surface area contributed by atoms with Gasteiger partial charge in [0.05, 0.1) is 35.6 Å². The van der Waals surface area contributed by atoms with Crippen LogP contribution in [-0.2, 0) is 9.53 Å². The van der Waals surface area contributed by atoms with E-state index in [0.29, 0.717) is 26.4 Å². The van der Waals surface area contributed by atoms with Gasteiger partial charge in [0.15, 0.2) is 4.80 Å². The molecule has 1 aliphatic heterocycles. The van der Waals surface area contributed by atoms with Crippen molar-refractivity contribution >= 4 is 23.4 Å². The SMILES string of the molecule is CCOC(=O)C1=C(C)N=c2s/c(=C/c3cc(C)n(-c4ccc(C)cc4)c3C)c(=O)n2[C@@H]1c1ccc(OC)cc1. The number of benzene rings is 2. The Labute approximate surface area is 231 Å². The molecule has 5 rings (SSSR count). The maximum absolute atomic E-state index is 13.9.